The van der Waals surface area contributed by atoms with Gasteiger partial charge in [0.25, 0.3) is 5.91 Å². The van der Waals surface area contributed by atoms with Crippen molar-refractivity contribution in [3.63, 3.8) is 0 Å². The highest BCUT2D eigenvalue weighted by atomic mass is 35.5. The molecule has 3 rings (SSSR count). The summed E-state index contributed by atoms with van der Waals surface area (Å²) in [4.78, 5) is 29.6. The van der Waals surface area contributed by atoms with Crippen LogP contribution in [0.3, 0.4) is 0 Å². The molecule has 0 spiro atoms. The molecular formula is C24H30ClN3O2. The van der Waals surface area contributed by atoms with Crippen molar-refractivity contribution in [1.29, 1.82) is 0 Å². The van der Waals surface area contributed by atoms with Crippen molar-refractivity contribution in [2.24, 2.45) is 0 Å². The summed E-state index contributed by atoms with van der Waals surface area (Å²) in [6.45, 7) is 5.32. The molecule has 30 heavy (non-hydrogen) atoms. The summed E-state index contributed by atoms with van der Waals surface area (Å²) in [6.07, 6.45) is 4.38. The van der Waals surface area contributed by atoms with E-state index in [1.54, 1.807) is 35.0 Å². The fourth-order valence-corrected chi connectivity index (χ4v) is 3.84. The zero-order valence-corrected chi connectivity index (χ0v) is 18.7. The molecule has 1 aliphatic heterocycles. The number of hydrogen-bond acceptors (Lipinski definition) is 3. The Hall–Kier alpha value is -2.37. The third-order valence-electron chi connectivity index (χ3n) is 5.64. The maximum absolute atomic E-state index is 13.3. The van der Waals surface area contributed by atoms with E-state index in [0.717, 1.165) is 32.2 Å². The molecule has 1 heterocycles. The average molecular weight is 428 g/mol. The predicted molar refractivity (Wildman–Crippen MR) is 124 cm³/mol. The van der Waals surface area contributed by atoms with Crippen LogP contribution in [-0.2, 0) is 4.79 Å². The second-order valence-electron chi connectivity index (χ2n) is 7.82. The Bertz CT molecular complexity index is 915. The van der Waals surface area contributed by atoms with E-state index in [-0.39, 0.29) is 11.8 Å². The van der Waals surface area contributed by atoms with Gasteiger partial charge < -0.3 is 10.2 Å². The number of halogens is 1. The fraction of sp³-hybridized carbons (Fsp3) is 0.417. The van der Waals surface area contributed by atoms with Crippen LogP contribution in [0, 0.1) is 0 Å². The second kappa shape index (κ2) is 10.1. The van der Waals surface area contributed by atoms with Gasteiger partial charge in [-0.2, -0.15) is 0 Å². The first-order chi connectivity index (χ1) is 14.4. The summed E-state index contributed by atoms with van der Waals surface area (Å²) in [7, 11) is 1.71. The first kappa shape index (κ1) is 22.3. The van der Waals surface area contributed by atoms with Gasteiger partial charge in [0.05, 0.1) is 22.6 Å². The number of nitrogens with zero attached hydrogens (tertiary/aromatic N) is 2. The maximum Gasteiger partial charge on any atom is 0.260 e. The van der Waals surface area contributed by atoms with Gasteiger partial charge in [-0.3, -0.25) is 14.5 Å². The lowest BCUT2D eigenvalue weighted by Gasteiger charge is -2.25. The van der Waals surface area contributed by atoms with Crippen molar-refractivity contribution < 1.29 is 9.59 Å². The minimum Gasteiger partial charge on any atom is -0.314 e. The Morgan fingerprint density at radius 1 is 1.07 bits per heavy atom. The lowest BCUT2D eigenvalue weighted by molar-refractivity contribution is -0.118. The third kappa shape index (κ3) is 4.85. The molecule has 0 aliphatic carbocycles. The molecule has 2 amide bonds. The van der Waals surface area contributed by atoms with Gasteiger partial charge in [-0.1, -0.05) is 37.1 Å². The van der Waals surface area contributed by atoms with Crippen LogP contribution < -0.4 is 15.1 Å². The Kier molecular flexibility index (Phi) is 7.51. The van der Waals surface area contributed by atoms with Crippen molar-refractivity contribution in [1.82, 2.24) is 5.32 Å². The van der Waals surface area contributed by atoms with E-state index < -0.39 is 0 Å². The van der Waals surface area contributed by atoms with Crippen LogP contribution in [0.2, 0.25) is 5.02 Å². The van der Waals surface area contributed by atoms with Gasteiger partial charge in [0.1, 0.15) is 0 Å². The van der Waals surface area contributed by atoms with E-state index in [1.165, 1.54) is 0 Å². The lowest BCUT2D eigenvalue weighted by atomic mass is 10.1. The number of unbranched alkanes of at least 4 members (excludes halogenated alkanes) is 2. The number of nitrogens with one attached hydrogen (secondary N) is 1. The van der Waals surface area contributed by atoms with Crippen LogP contribution >= 0.6 is 11.6 Å². The summed E-state index contributed by atoms with van der Waals surface area (Å²) < 4.78 is 0. The molecule has 0 fully saturated rings. The van der Waals surface area contributed by atoms with E-state index in [1.807, 2.05) is 24.3 Å². The van der Waals surface area contributed by atoms with Crippen molar-refractivity contribution in [2.45, 2.75) is 52.0 Å². The van der Waals surface area contributed by atoms with Gasteiger partial charge in [0.2, 0.25) is 5.91 Å². The molecule has 0 saturated carbocycles. The van der Waals surface area contributed by atoms with Gasteiger partial charge in [0.15, 0.2) is 0 Å². The molecule has 2 aromatic carbocycles. The van der Waals surface area contributed by atoms with E-state index in [0.29, 0.717) is 40.1 Å². The lowest BCUT2D eigenvalue weighted by Crippen LogP contribution is -2.27. The molecule has 0 bridgehead atoms. The topological polar surface area (TPSA) is 52.7 Å². The summed E-state index contributed by atoms with van der Waals surface area (Å²) in [6, 6.07) is 13.1. The number of anilines is 3. The van der Waals surface area contributed by atoms with Crippen molar-refractivity contribution in [2.75, 3.05) is 23.4 Å². The third-order valence-corrected chi connectivity index (χ3v) is 5.88. The number of carbonyl (C=O) groups excluding carboxylic acids is 2. The van der Waals surface area contributed by atoms with Crippen LogP contribution in [0.1, 0.15) is 56.3 Å². The van der Waals surface area contributed by atoms with Gasteiger partial charge in [0, 0.05) is 24.5 Å². The molecule has 1 atom stereocenters. The monoisotopic (exact) mass is 427 g/mol. The van der Waals surface area contributed by atoms with E-state index in [4.69, 9.17) is 11.6 Å². The molecule has 0 radical (unpaired) electrons. The molecule has 1 unspecified atom stereocenters. The Labute approximate surface area is 184 Å². The number of benzene rings is 2. The van der Waals surface area contributed by atoms with Crippen molar-refractivity contribution >= 4 is 40.5 Å². The standard InChI is InChI=1S/C24H30ClN3O2/c1-4-17(2)26-15-9-5-6-12-23(29)28-20-11-8-7-10-19(20)24(30)27(3)22-16-18(25)13-14-21(22)28/h7-8,10-11,13-14,16-17,26H,4-6,9,12,15H2,1-3H3. The van der Waals surface area contributed by atoms with Gasteiger partial charge >= 0.3 is 0 Å². The number of amides is 2. The summed E-state index contributed by atoms with van der Waals surface area (Å²) in [5.74, 6) is -0.162. The number of para-hydroxylation sites is 1. The summed E-state index contributed by atoms with van der Waals surface area (Å²) >= 11 is 6.20. The first-order valence-electron chi connectivity index (χ1n) is 10.7. The molecule has 0 aromatic heterocycles. The van der Waals surface area contributed by atoms with Crippen LogP contribution in [0.15, 0.2) is 42.5 Å². The SMILES string of the molecule is CCC(C)NCCCCCC(=O)N1c2ccccc2C(=O)N(C)c2cc(Cl)ccc21. The zero-order valence-electron chi connectivity index (χ0n) is 18.0. The fourth-order valence-electron chi connectivity index (χ4n) is 3.67. The molecular weight excluding hydrogens is 398 g/mol. The maximum atomic E-state index is 13.3. The van der Waals surface area contributed by atoms with Gasteiger partial charge in [-0.25, -0.2) is 0 Å². The smallest absolute Gasteiger partial charge is 0.260 e. The Balaban J connectivity index is 1.80. The highest BCUT2D eigenvalue weighted by Crippen LogP contribution is 2.41. The average Bonchev–Trinajstić information content (AvgIpc) is 2.84. The molecule has 160 valence electrons. The molecule has 0 saturated heterocycles. The number of fused-ring (bicyclic) bond motifs is 2. The quantitative estimate of drug-likeness (QED) is 0.562. The minimum atomic E-state index is -0.152. The van der Waals surface area contributed by atoms with Crippen LogP contribution in [0.5, 0.6) is 0 Å². The zero-order chi connectivity index (χ0) is 21.7. The normalized spacial score (nSPS) is 14.2. The number of rotatable bonds is 8. The Morgan fingerprint density at radius 2 is 1.83 bits per heavy atom. The molecule has 1 N–H and O–H groups in total. The molecule has 2 aromatic rings. The van der Waals surface area contributed by atoms with E-state index >= 15 is 0 Å². The van der Waals surface area contributed by atoms with Gasteiger partial charge in [-0.15, -0.1) is 0 Å². The highest BCUT2D eigenvalue weighted by molar-refractivity contribution is 6.31. The van der Waals surface area contributed by atoms with Crippen LogP contribution in [0.4, 0.5) is 17.1 Å². The van der Waals surface area contributed by atoms with Crippen molar-refractivity contribution in [3.8, 4) is 0 Å². The number of carbonyl (C=O) groups is 2. The highest BCUT2D eigenvalue weighted by Gasteiger charge is 2.31. The van der Waals surface area contributed by atoms with Crippen molar-refractivity contribution in [3.05, 3.63) is 53.1 Å². The molecule has 1 aliphatic rings. The Morgan fingerprint density at radius 3 is 2.60 bits per heavy atom. The van der Waals surface area contributed by atoms with Crippen LogP contribution in [0.25, 0.3) is 0 Å². The van der Waals surface area contributed by atoms with Crippen LogP contribution in [-0.4, -0.2) is 31.4 Å². The molecule has 6 heteroatoms. The molecule has 5 nitrogen and oxygen atoms in total. The minimum absolute atomic E-state index is 0.0102. The van der Waals surface area contributed by atoms with E-state index in [2.05, 4.69) is 19.2 Å². The van der Waals surface area contributed by atoms with E-state index in [9.17, 15) is 9.59 Å². The number of hydrogen-bond donors (Lipinski definition) is 1. The van der Waals surface area contributed by atoms with Gasteiger partial charge in [-0.05, 0) is 63.1 Å². The predicted octanol–water partition coefficient (Wildman–Crippen LogP) is 5.54. The summed E-state index contributed by atoms with van der Waals surface area (Å²) in [5, 5.41) is 4.01. The summed E-state index contributed by atoms with van der Waals surface area (Å²) in [5.41, 5.74) is 2.45. The largest absolute Gasteiger partial charge is 0.314 e. The first-order valence-corrected chi connectivity index (χ1v) is 11.0. The second-order valence-corrected chi connectivity index (χ2v) is 8.25.